The second kappa shape index (κ2) is 7.98. The fourth-order valence-electron chi connectivity index (χ4n) is 1.79. The highest BCUT2D eigenvalue weighted by Gasteiger charge is 2.24. The minimum Gasteiger partial charge on any atom is -0.444 e. The second-order valence-electron chi connectivity index (χ2n) is 7.09. The lowest BCUT2D eigenvalue weighted by Crippen LogP contribution is -2.54. The van der Waals surface area contributed by atoms with Crippen molar-refractivity contribution in [3.8, 4) is 0 Å². The number of nitrogens with zero attached hydrogens (tertiary/aromatic N) is 4. The van der Waals surface area contributed by atoms with Crippen molar-refractivity contribution in [1.82, 2.24) is 30.7 Å². The molecule has 3 N–H and O–H groups in total. The number of aliphatic imine (C=N–C) groups is 1. The fraction of sp³-hybridized carbons (Fsp3) is 0.733. The summed E-state index contributed by atoms with van der Waals surface area (Å²) in [6.45, 7) is 10.3. The third-order valence-electron chi connectivity index (χ3n) is 2.98. The summed E-state index contributed by atoms with van der Waals surface area (Å²) >= 11 is 0. The zero-order chi connectivity index (χ0) is 18.4. The highest BCUT2D eigenvalue weighted by atomic mass is 16.6. The highest BCUT2D eigenvalue weighted by Crippen LogP contribution is 2.09. The van der Waals surface area contributed by atoms with Crippen LogP contribution in [-0.2, 0) is 18.3 Å². The van der Waals surface area contributed by atoms with Crippen LogP contribution >= 0.6 is 0 Å². The molecule has 0 bridgehead atoms. The van der Waals surface area contributed by atoms with Gasteiger partial charge in [0.1, 0.15) is 17.8 Å². The average Bonchev–Trinajstić information content (AvgIpc) is 2.81. The van der Waals surface area contributed by atoms with Crippen molar-refractivity contribution in [2.75, 3.05) is 13.6 Å². The topological polar surface area (TPSA) is 105 Å². The van der Waals surface area contributed by atoms with Gasteiger partial charge in [0.15, 0.2) is 5.96 Å². The molecule has 1 rings (SSSR count). The molecule has 0 radical (unpaired) electrons. The first-order chi connectivity index (χ1) is 11.0. The second-order valence-corrected chi connectivity index (χ2v) is 7.09. The number of amides is 1. The van der Waals surface area contributed by atoms with Gasteiger partial charge in [-0.05, 0) is 34.6 Å². The summed E-state index contributed by atoms with van der Waals surface area (Å²) in [5.41, 5.74) is -1.04. The first kappa shape index (κ1) is 19.7. The van der Waals surface area contributed by atoms with E-state index in [1.807, 2.05) is 41.7 Å². The first-order valence-electron chi connectivity index (χ1n) is 7.81. The molecule has 1 heterocycles. The third-order valence-corrected chi connectivity index (χ3v) is 2.98. The zero-order valence-electron chi connectivity index (χ0n) is 15.6. The van der Waals surface area contributed by atoms with Gasteiger partial charge in [-0.25, -0.2) is 9.78 Å². The molecule has 136 valence electrons. The highest BCUT2D eigenvalue weighted by molar-refractivity contribution is 5.79. The molecule has 1 aromatic heterocycles. The van der Waals surface area contributed by atoms with E-state index in [0.717, 1.165) is 5.82 Å². The molecule has 0 aliphatic rings. The predicted octanol–water partition coefficient (Wildman–Crippen LogP) is 0.783. The molecule has 9 nitrogen and oxygen atoms in total. The van der Waals surface area contributed by atoms with Gasteiger partial charge in [-0.2, -0.15) is 5.10 Å². The minimum atomic E-state index is -0.527. The molecule has 1 aromatic rings. The third kappa shape index (κ3) is 7.30. The van der Waals surface area contributed by atoms with Crippen molar-refractivity contribution in [2.45, 2.75) is 52.3 Å². The summed E-state index contributed by atoms with van der Waals surface area (Å²) < 4.78 is 6.96. The number of aromatic nitrogens is 3. The lowest BCUT2D eigenvalue weighted by molar-refractivity contribution is 0.0474. The molecular weight excluding hydrogens is 310 g/mol. The number of carbonyl (C=O) groups excluding carboxylic acids is 1. The summed E-state index contributed by atoms with van der Waals surface area (Å²) in [5, 5.41) is 13.2. The first-order valence-corrected chi connectivity index (χ1v) is 7.81. The average molecular weight is 339 g/mol. The molecule has 0 unspecified atom stereocenters. The summed E-state index contributed by atoms with van der Waals surface area (Å²) in [6.07, 6.45) is 1.05. The Labute approximate surface area is 143 Å². The summed E-state index contributed by atoms with van der Waals surface area (Å²) in [7, 11) is 3.51. The van der Waals surface area contributed by atoms with Crippen LogP contribution in [-0.4, -0.2) is 51.5 Å². The number of carbonyl (C=O) groups is 1. The Balaban J connectivity index is 2.46. The molecule has 0 spiro atoms. The Morgan fingerprint density at radius 2 is 1.96 bits per heavy atom. The van der Waals surface area contributed by atoms with Crippen LogP contribution < -0.4 is 16.0 Å². The Morgan fingerprint density at radius 1 is 1.29 bits per heavy atom. The van der Waals surface area contributed by atoms with Gasteiger partial charge in [0.2, 0.25) is 0 Å². The van der Waals surface area contributed by atoms with E-state index in [4.69, 9.17) is 4.74 Å². The molecule has 0 saturated heterocycles. The van der Waals surface area contributed by atoms with Gasteiger partial charge in [0.25, 0.3) is 0 Å². The van der Waals surface area contributed by atoms with Gasteiger partial charge in [-0.15, -0.1) is 0 Å². The maximum Gasteiger partial charge on any atom is 0.408 e. The molecule has 0 aliphatic heterocycles. The molecule has 1 amide bonds. The van der Waals surface area contributed by atoms with Crippen molar-refractivity contribution in [1.29, 1.82) is 0 Å². The van der Waals surface area contributed by atoms with Crippen LogP contribution in [0.2, 0.25) is 0 Å². The number of hydrogen-bond donors (Lipinski definition) is 3. The number of rotatable bonds is 5. The summed E-state index contributed by atoms with van der Waals surface area (Å²) in [6, 6.07) is 0. The van der Waals surface area contributed by atoms with Crippen molar-refractivity contribution in [3.63, 3.8) is 0 Å². The Bertz CT molecular complexity index is 573. The van der Waals surface area contributed by atoms with Crippen molar-refractivity contribution in [3.05, 3.63) is 12.2 Å². The van der Waals surface area contributed by atoms with Crippen LogP contribution in [0.5, 0.6) is 0 Å². The number of aryl methyl sites for hydroxylation is 1. The number of guanidine groups is 1. The van der Waals surface area contributed by atoms with Gasteiger partial charge in [0.05, 0.1) is 12.1 Å². The van der Waals surface area contributed by atoms with E-state index >= 15 is 0 Å². The molecular formula is C15H29N7O2. The number of nitrogens with one attached hydrogen (secondary N) is 3. The lowest BCUT2D eigenvalue weighted by Gasteiger charge is -2.29. The van der Waals surface area contributed by atoms with E-state index in [0.29, 0.717) is 19.0 Å². The van der Waals surface area contributed by atoms with E-state index < -0.39 is 17.2 Å². The van der Waals surface area contributed by atoms with Crippen molar-refractivity contribution < 1.29 is 9.53 Å². The van der Waals surface area contributed by atoms with Crippen LogP contribution in [0.1, 0.15) is 40.4 Å². The van der Waals surface area contributed by atoms with Crippen LogP contribution in [0.25, 0.3) is 0 Å². The number of ether oxygens (including phenoxy) is 1. The molecule has 0 aliphatic carbocycles. The largest absolute Gasteiger partial charge is 0.444 e. The predicted molar refractivity (Wildman–Crippen MR) is 92.7 cm³/mol. The van der Waals surface area contributed by atoms with Gasteiger partial charge in [-0.3, -0.25) is 9.67 Å². The Kier molecular flexibility index (Phi) is 6.56. The quantitative estimate of drug-likeness (QED) is 0.541. The Hall–Kier alpha value is -2.32. The summed E-state index contributed by atoms with van der Waals surface area (Å²) in [5.74, 6) is 1.40. The standard InChI is InChI=1S/C15H29N7O2/c1-14(2,3)24-13(23)21-15(4,5)9-18-12(16-6)17-8-11-19-10-20-22(11)7/h10H,8-9H2,1-7H3,(H,21,23)(H2,16,17,18). The van der Waals surface area contributed by atoms with Crippen molar-refractivity contribution in [2.24, 2.45) is 12.0 Å². The van der Waals surface area contributed by atoms with E-state index in [1.54, 1.807) is 11.7 Å². The smallest absolute Gasteiger partial charge is 0.408 e. The maximum absolute atomic E-state index is 11.9. The molecule has 0 atom stereocenters. The summed E-state index contributed by atoms with van der Waals surface area (Å²) in [4.78, 5) is 20.2. The number of alkyl carbamates (subject to hydrolysis) is 1. The SMILES string of the molecule is CN=C(NCc1ncnn1C)NCC(C)(C)NC(=O)OC(C)(C)C. The van der Waals surface area contributed by atoms with E-state index in [9.17, 15) is 4.79 Å². The van der Waals surface area contributed by atoms with Crippen LogP contribution in [0.15, 0.2) is 11.3 Å². The molecule has 0 saturated carbocycles. The van der Waals surface area contributed by atoms with E-state index in [1.165, 1.54) is 6.33 Å². The zero-order valence-corrected chi connectivity index (χ0v) is 15.6. The van der Waals surface area contributed by atoms with Gasteiger partial charge in [0, 0.05) is 20.6 Å². The van der Waals surface area contributed by atoms with E-state index in [-0.39, 0.29) is 0 Å². The van der Waals surface area contributed by atoms with Gasteiger partial charge in [-0.1, -0.05) is 0 Å². The molecule has 9 heteroatoms. The van der Waals surface area contributed by atoms with E-state index in [2.05, 4.69) is 31.0 Å². The molecule has 0 fully saturated rings. The Morgan fingerprint density at radius 3 is 2.46 bits per heavy atom. The molecule has 0 aromatic carbocycles. The van der Waals surface area contributed by atoms with Gasteiger partial charge < -0.3 is 20.7 Å². The lowest BCUT2D eigenvalue weighted by atomic mass is 10.1. The van der Waals surface area contributed by atoms with Crippen molar-refractivity contribution >= 4 is 12.1 Å². The normalized spacial score (nSPS) is 12.7. The monoisotopic (exact) mass is 339 g/mol. The van der Waals surface area contributed by atoms with Crippen LogP contribution in [0.3, 0.4) is 0 Å². The van der Waals surface area contributed by atoms with Crippen LogP contribution in [0, 0.1) is 0 Å². The maximum atomic E-state index is 11.9. The molecule has 24 heavy (non-hydrogen) atoms. The van der Waals surface area contributed by atoms with Gasteiger partial charge >= 0.3 is 6.09 Å². The fourth-order valence-corrected chi connectivity index (χ4v) is 1.79. The minimum absolute atomic E-state index is 0.448. The number of hydrogen-bond acceptors (Lipinski definition) is 5. The van der Waals surface area contributed by atoms with Crippen LogP contribution in [0.4, 0.5) is 4.79 Å².